The highest BCUT2D eigenvalue weighted by molar-refractivity contribution is 6.29. The Hall–Kier alpha value is -2.59. The summed E-state index contributed by atoms with van der Waals surface area (Å²) in [5.41, 5.74) is 0.952. The van der Waals surface area contributed by atoms with Crippen molar-refractivity contribution in [3.63, 3.8) is 0 Å². The van der Waals surface area contributed by atoms with Gasteiger partial charge in [-0.05, 0) is 39.0 Å². The fourth-order valence-electron chi connectivity index (χ4n) is 5.37. The number of amides is 1. The third-order valence-corrected chi connectivity index (χ3v) is 7.30. The van der Waals surface area contributed by atoms with E-state index >= 15 is 0 Å². The van der Waals surface area contributed by atoms with Gasteiger partial charge in [0.1, 0.15) is 17.1 Å². The Morgan fingerprint density at radius 3 is 2.59 bits per heavy atom. The molecule has 1 amide bonds. The number of halogens is 1. The topological polar surface area (TPSA) is 108 Å². The van der Waals surface area contributed by atoms with Gasteiger partial charge in [-0.2, -0.15) is 10.1 Å². The molecule has 0 aliphatic carbocycles. The van der Waals surface area contributed by atoms with Gasteiger partial charge in [-0.15, -0.1) is 0 Å². The summed E-state index contributed by atoms with van der Waals surface area (Å²) in [5, 5.41) is 10.7. The monoisotopic (exact) mass is 489 g/mol. The highest BCUT2D eigenvalue weighted by Crippen LogP contribution is 2.37. The van der Waals surface area contributed by atoms with E-state index in [0.29, 0.717) is 36.0 Å². The minimum Gasteiger partial charge on any atom is -0.446 e. The zero-order valence-corrected chi connectivity index (χ0v) is 20.4. The van der Waals surface area contributed by atoms with Crippen molar-refractivity contribution in [2.75, 3.05) is 30.5 Å². The van der Waals surface area contributed by atoms with Crippen LogP contribution in [-0.2, 0) is 9.47 Å². The van der Waals surface area contributed by atoms with Crippen molar-refractivity contribution in [1.29, 1.82) is 0 Å². The van der Waals surface area contributed by atoms with E-state index in [1.165, 1.54) is 0 Å². The molecule has 2 N–H and O–H groups in total. The van der Waals surface area contributed by atoms with Crippen LogP contribution in [0.15, 0.2) is 12.1 Å². The van der Waals surface area contributed by atoms with Gasteiger partial charge in [0.15, 0.2) is 5.82 Å². The van der Waals surface area contributed by atoms with Crippen molar-refractivity contribution in [2.45, 2.75) is 76.1 Å². The summed E-state index contributed by atoms with van der Waals surface area (Å²) in [6, 6.07) is 4.12. The lowest BCUT2D eigenvalue weighted by molar-refractivity contribution is -0.0343. The van der Waals surface area contributed by atoms with Crippen molar-refractivity contribution in [3.05, 3.63) is 23.0 Å². The zero-order chi connectivity index (χ0) is 23.7. The number of fused-ring (bicyclic) bond motifs is 2. The molecule has 2 aromatic heterocycles. The molecule has 0 radical (unpaired) electrons. The number of piperidine rings is 2. The molecular formula is C23H32ClN7O3. The van der Waals surface area contributed by atoms with Crippen LogP contribution in [0, 0.1) is 6.92 Å². The lowest BCUT2D eigenvalue weighted by Gasteiger charge is -2.50. The first-order valence-electron chi connectivity index (χ1n) is 12.1. The third-order valence-electron chi connectivity index (χ3n) is 7.10. The lowest BCUT2D eigenvalue weighted by Crippen LogP contribution is -2.59. The smallest absolute Gasteiger partial charge is 0.410 e. The lowest BCUT2D eigenvalue weighted by atomic mass is 9.81. The molecule has 10 nitrogen and oxygen atoms in total. The van der Waals surface area contributed by atoms with Crippen LogP contribution in [0.1, 0.15) is 50.6 Å². The maximum absolute atomic E-state index is 13.1. The number of hydrogen-bond donors (Lipinski definition) is 2. The number of aromatic amines is 1. The molecule has 11 heteroatoms. The summed E-state index contributed by atoms with van der Waals surface area (Å²) in [5.74, 6) is 1.82. The van der Waals surface area contributed by atoms with Crippen LogP contribution in [-0.4, -0.2) is 75.6 Å². The van der Waals surface area contributed by atoms with E-state index in [1.54, 1.807) is 6.07 Å². The summed E-state index contributed by atoms with van der Waals surface area (Å²) < 4.78 is 11.3. The van der Waals surface area contributed by atoms with Crippen molar-refractivity contribution >= 4 is 35.3 Å². The normalized spacial score (nSPS) is 25.1. The van der Waals surface area contributed by atoms with Crippen LogP contribution in [0.3, 0.4) is 0 Å². The first-order chi connectivity index (χ1) is 16.5. The molecule has 3 saturated heterocycles. The number of hydrogen-bond acceptors (Lipinski definition) is 8. The number of rotatable bonds is 5. The molecule has 5 heterocycles. The molecular weight excluding hydrogens is 458 g/mol. The maximum atomic E-state index is 13.1. The molecule has 0 aromatic carbocycles. The first-order valence-corrected chi connectivity index (χ1v) is 12.5. The van der Waals surface area contributed by atoms with Gasteiger partial charge in [0.2, 0.25) is 5.95 Å². The molecule has 34 heavy (non-hydrogen) atoms. The molecule has 3 aliphatic rings. The minimum absolute atomic E-state index is 0.0357. The number of nitrogens with one attached hydrogen (secondary N) is 2. The van der Waals surface area contributed by atoms with Crippen LogP contribution in [0.2, 0.25) is 5.15 Å². The standard InChI is InChI=1S/C23H32ClN7O3/c1-14-10-21(29-28-14)26-20-13-19(24)25-22(27-20)30(2)17-11-15-4-3-5-16(12-17)31(15)23(32)34-18-6-8-33-9-7-18/h10,13,15-18H,3-9,11-12H2,1-2H3,(H2,25,26,27,28,29)/t15-,16+,17-. The van der Waals surface area contributed by atoms with Crippen molar-refractivity contribution in [1.82, 2.24) is 25.1 Å². The SMILES string of the molecule is Cc1cc(Nc2cc(Cl)nc(N(C)[C@@H]3C[C@H]4CCC[C@@H](C3)N4C(=O)OC3CCOCC3)n2)n[nH]1. The Kier molecular flexibility index (Phi) is 6.78. The predicted octanol–water partition coefficient (Wildman–Crippen LogP) is 4.04. The van der Waals surface area contributed by atoms with Crippen LogP contribution in [0.25, 0.3) is 0 Å². The van der Waals surface area contributed by atoms with E-state index in [9.17, 15) is 4.79 Å². The third kappa shape index (κ3) is 5.07. The number of carbonyl (C=O) groups is 1. The number of anilines is 3. The predicted molar refractivity (Wildman–Crippen MR) is 129 cm³/mol. The van der Waals surface area contributed by atoms with Crippen LogP contribution in [0.4, 0.5) is 22.4 Å². The molecule has 2 bridgehead atoms. The highest BCUT2D eigenvalue weighted by Gasteiger charge is 2.43. The number of carbonyl (C=O) groups excluding carboxylic acids is 1. The quantitative estimate of drug-likeness (QED) is 0.605. The Balaban J connectivity index is 1.27. The van der Waals surface area contributed by atoms with Gasteiger partial charge in [-0.3, -0.25) is 5.10 Å². The summed E-state index contributed by atoms with van der Waals surface area (Å²) in [6.45, 7) is 3.26. The van der Waals surface area contributed by atoms with Gasteiger partial charge in [-0.25, -0.2) is 9.78 Å². The number of aryl methyl sites for hydroxylation is 1. The van der Waals surface area contributed by atoms with Gasteiger partial charge in [0.05, 0.1) is 13.2 Å². The summed E-state index contributed by atoms with van der Waals surface area (Å²) in [4.78, 5) is 26.4. The Morgan fingerprint density at radius 1 is 1.18 bits per heavy atom. The molecule has 3 fully saturated rings. The van der Waals surface area contributed by atoms with E-state index in [1.807, 2.05) is 24.9 Å². The first kappa shape index (κ1) is 23.2. The van der Waals surface area contributed by atoms with E-state index < -0.39 is 0 Å². The minimum atomic E-state index is -0.164. The Bertz CT molecular complexity index is 998. The molecule has 3 aliphatic heterocycles. The molecule has 3 atom stereocenters. The van der Waals surface area contributed by atoms with Gasteiger partial charge in [-0.1, -0.05) is 11.6 Å². The number of nitrogens with zero attached hydrogens (tertiary/aromatic N) is 5. The average Bonchev–Trinajstić information content (AvgIpc) is 3.22. The Labute approximate surface area is 204 Å². The molecule has 184 valence electrons. The maximum Gasteiger partial charge on any atom is 0.410 e. The molecule has 0 saturated carbocycles. The number of ether oxygens (including phenoxy) is 2. The Morgan fingerprint density at radius 2 is 1.91 bits per heavy atom. The second kappa shape index (κ2) is 9.95. The second-order valence-electron chi connectivity index (χ2n) is 9.51. The molecule has 5 rings (SSSR count). The fourth-order valence-corrected chi connectivity index (χ4v) is 5.55. The number of H-pyrrole nitrogens is 1. The largest absolute Gasteiger partial charge is 0.446 e. The fraction of sp³-hybridized carbons (Fsp3) is 0.652. The van der Waals surface area contributed by atoms with Crippen LogP contribution < -0.4 is 10.2 Å². The highest BCUT2D eigenvalue weighted by atomic mass is 35.5. The van der Waals surface area contributed by atoms with E-state index in [-0.39, 0.29) is 30.3 Å². The summed E-state index contributed by atoms with van der Waals surface area (Å²) in [6.07, 6.45) is 6.18. The van der Waals surface area contributed by atoms with Crippen molar-refractivity contribution in [2.24, 2.45) is 0 Å². The number of aromatic nitrogens is 4. The van der Waals surface area contributed by atoms with E-state index in [0.717, 1.165) is 50.6 Å². The van der Waals surface area contributed by atoms with E-state index in [4.69, 9.17) is 21.1 Å². The van der Waals surface area contributed by atoms with Crippen molar-refractivity contribution in [3.8, 4) is 0 Å². The van der Waals surface area contributed by atoms with Gasteiger partial charge >= 0.3 is 6.09 Å². The van der Waals surface area contributed by atoms with Gasteiger partial charge in [0.25, 0.3) is 0 Å². The van der Waals surface area contributed by atoms with Crippen LogP contribution in [0.5, 0.6) is 0 Å². The van der Waals surface area contributed by atoms with E-state index in [2.05, 4.69) is 30.4 Å². The van der Waals surface area contributed by atoms with Crippen LogP contribution >= 0.6 is 11.6 Å². The van der Waals surface area contributed by atoms with Crippen molar-refractivity contribution < 1.29 is 14.3 Å². The average molecular weight is 490 g/mol. The zero-order valence-electron chi connectivity index (χ0n) is 19.7. The summed E-state index contributed by atoms with van der Waals surface area (Å²) in [7, 11) is 2.00. The van der Waals surface area contributed by atoms with Gasteiger partial charge in [0, 0.05) is 55.8 Å². The molecule has 0 spiro atoms. The molecule has 2 aromatic rings. The summed E-state index contributed by atoms with van der Waals surface area (Å²) >= 11 is 6.33. The molecule has 0 unspecified atom stereocenters. The van der Waals surface area contributed by atoms with Gasteiger partial charge < -0.3 is 24.6 Å². The second-order valence-corrected chi connectivity index (χ2v) is 9.90.